The standard InChI is InChI=1S/C24H29BrN4O3S/c1-31-21-13-18(14-27-29-24(26)33-16-17-8-4-2-5-9-17)12-20(25)23(21)32-15-22(30)28-19-10-6-3-7-11-19/h2,4-5,8-9,12-14,19H,3,6-7,10-11,15-16H2,1H3,(H2,26,29)(H,28,30). The second-order valence-electron chi connectivity index (χ2n) is 7.68. The Bertz CT molecular complexity index is 979. The summed E-state index contributed by atoms with van der Waals surface area (Å²) in [5.74, 6) is 1.56. The molecule has 9 heteroatoms. The molecule has 2 aromatic carbocycles. The third kappa shape index (κ3) is 8.40. The summed E-state index contributed by atoms with van der Waals surface area (Å²) in [6.07, 6.45) is 7.22. The lowest BCUT2D eigenvalue weighted by Crippen LogP contribution is -2.39. The first-order valence-electron chi connectivity index (χ1n) is 10.9. The number of rotatable bonds is 9. The number of thioether (sulfide) groups is 1. The van der Waals surface area contributed by atoms with Crippen LogP contribution in [0.15, 0.2) is 57.1 Å². The molecule has 0 unspecified atom stereocenters. The quantitative estimate of drug-likeness (QED) is 0.272. The van der Waals surface area contributed by atoms with Gasteiger partial charge < -0.3 is 20.5 Å². The van der Waals surface area contributed by atoms with Crippen molar-refractivity contribution in [2.75, 3.05) is 13.7 Å². The monoisotopic (exact) mass is 532 g/mol. The van der Waals surface area contributed by atoms with Gasteiger partial charge in [-0.2, -0.15) is 5.10 Å². The third-order valence-corrected chi connectivity index (χ3v) is 6.61. The predicted molar refractivity (Wildman–Crippen MR) is 138 cm³/mol. The lowest BCUT2D eigenvalue weighted by Gasteiger charge is -2.23. The van der Waals surface area contributed by atoms with Crippen LogP contribution in [0.4, 0.5) is 0 Å². The summed E-state index contributed by atoms with van der Waals surface area (Å²) in [5, 5.41) is 11.5. The van der Waals surface area contributed by atoms with Gasteiger partial charge in [-0.3, -0.25) is 4.79 Å². The van der Waals surface area contributed by atoms with Crippen LogP contribution in [0.3, 0.4) is 0 Å². The van der Waals surface area contributed by atoms with Gasteiger partial charge in [0.2, 0.25) is 0 Å². The predicted octanol–water partition coefficient (Wildman–Crippen LogP) is 4.87. The average Bonchev–Trinajstić information content (AvgIpc) is 2.83. The van der Waals surface area contributed by atoms with Crippen molar-refractivity contribution in [3.05, 3.63) is 58.1 Å². The Hall–Kier alpha value is -2.52. The zero-order valence-corrected chi connectivity index (χ0v) is 21.0. The van der Waals surface area contributed by atoms with Crippen molar-refractivity contribution < 1.29 is 14.3 Å². The van der Waals surface area contributed by atoms with Crippen LogP contribution in [0.5, 0.6) is 11.5 Å². The maximum Gasteiger partial charge on any atom is 0.258 e. The minimum Gasteiger partial charge on any atom is -0.493 e. The second-order valence-corrected chi connectivity index (χ2v) is 9.53. The highest BCUT2D eigenvalue weighted by Crippen LogP contribution is 2.36. The van der Waals surface area contributed by atoms with Crippen molar-refractivity contribution in [3.8, 4) is 11.5 Å². The number of benzene rings is 2. The van der Waals surface area contributed by atoms with Crippen LogP contribution in [0.2, 0.25) is 0 Å². The van der Waals surface area contributed by atoms with Crippen molar-refractivity contribution >= 4 is 45.0 Å². The molecule has 0 spiro atoms. The van der Waals surface area contributed by atoms with Gasteiger partial charge in [-0.05, 0) is 52.0 Å². The van der Waals surface area contributed by atoms with Gasteiger partial charge in [0.25, 0.3) is 5.91 Å². The van der Waals surface area contributed by atoms with Crippen LogP contribution >= 0.6 is 27.7 Å². The van der Waals surface area contributed by atoms with Crippen molar-refractivity contribution in [2.24, 2.45) is 15.9 Å². The molecule has 33 heavy (non-hydrogen) atoms. The molecule has 0 aliphatic heterocycles. The van der Waals surface area contributed by atoms with E-state index in [0.29, 0.717) is 21.1 Å². The number of ether oxygens (including phenoxy) is 2. The molecule has 1 aliphatic rings. The minimum absolute atomic E-state index is 0.0711. The van der Waals surface area contributed by atoms with Crippen molar-refractivity contribution in [1.82, 2.24) is 5.32 Å². The smallest absolute Gasteiger partial charge is 0.258 e. The fraction of sp³-hybridized carbons (Fsp3) is 0.375. The first-order chi connectivity index (χ1) is 16.0. The number of amides is 1. The summed E-state index contributed by atoms with van der Waals surface area (Å²) < 4.78 is 11.9. The van der Waals surface area contributed by atoms with Crippen LogP contribution < -0.4 is 20.5 Å². The Morgan fingerprint density at radius 3 is 2.73 bits per heavy atom. The average molecular weight is 533 g/mol. The molecule has 1 amide bonds. The molecule has 1 saturated carbocycles. The minimum atomic E-state index is -0.126. The van der Waals surface area contributed by atoms with Gasteiger partial charge >= 0.3 is 0 Å². The highest BCUT2D eigenvalue weighted by Gasteiger charge is 2.17. The fourth-order valence-electron chi connectivity index (χ4n) is 3.52. The van der Waals surface area contributed by atoms with E-state index in [4.69, 9.17) is 15.2 Å². The first kappa shape index (κ1) is 25.1. The Morgan fingerprint density at radius 2 is 2.00 bits per heavy atom. The SMILES string of the molecule is COc1cc(C=NN=C(N)SCc2ccccc2)cc(Br)c1OCC(=O)NC1CCCCC1. The molecule has 176 valence electrons. The van der Waals surface area contributed by atoms with Gasteiger partial charge in [0.1, 0.15) is 0 Å². The van der Waals surface area contributed by atoms with E-state index in [-0.39, 0.29) is 18.6 Å². The highest BCUT2D eigenvalue weighted by molar-refractivity contribution is 9.10. The molecule has 0 saturated heterocycles. The molecule has 1 aliphatic carbocycles. The lowest BCUT2D eigenvalue weighted by atomic mass is 9.95. The molecule has 0 heterocycles. The lowest BCUT2D eigenvalue weighted by molar-refractivity contribution is -0.124. The van der Waals surface area contributed by atoms with Crippen molar-refractivity contribution in [1.29, 1.82) is 0 Å². The summed E-state index contributed by atoms with van der Waals surface area (Å²) in [5.41, 5.74) is 7.86. The summed E-state index contributed by atoms with van der Waals surface area (Å²) in [7, 11) is 1.55. The third-order valence-electron chi connectivity index (χ3n) is 5.16. The van der Waals surface area contributed by atoms with E-state index in [9.17, 15) is 4.79 Å². The number of nitrogens with zero attached hydrogens (tertiary/aromatic N) is 2. The van der Waals surface area contributed by atoms with Gasteiger partial charge in [-0.15, -0.1) is 5.10 Å². The number of methoxy groups -OCH3 is 1. The summed E-state index contributed by atoms with van der Waals surface area (Å²) in [6, 6.07) is 13.9. The van der Waals surface area contributed by atoms with Crippen LogP contribution in [-0.2, 0) is 10.5 Å². The van der Waals surface area contributed by atoms with Crippen LogP contribution in [0.1, 0.15) is 43.2 Å². The zero-order valence-electron chi connectivity index (χ0n) is 18.6. The zero-order chi connectivity index (χ0) is 23.5. The molecule has 7 nitrogen and oxygen atoms in total. The molecule has 0 bridgehead atoms. The van der Waals surface area contributed by atoms with E-state index in [2.05, 4.69) is 31.4 Å². The number of hydrogen-bond donors (Lipinski definition) is 2. The molecule has 1 fully saturated rings. The Balaban J connectivity index is 1.55. The van der Waals surface area contributed by atoms with Gasteiger partial charge in [-0.1, -0.05) is 61.4 Å². The summed E-state index contributed by atoms with van der Waals surface area (Å²) in [6.45, 7) is -0.0711. The molecular weight excluding hydrogens is 504 g/mol. The van der Waals surface area contributed by atoms with Crippen molar-refractivity contribution in [3.63, 3.8) is 0 Å². The molecule has 0 aromatic heterocycles. The van der Waals surface area contributed by atoms with E-state index < -0.39 is 0 Å². The van der Waals surface area contributed by atoms with Crippen LogP contribution in [0, 0.1) is 0 Å². The normalized spacial score (nSPS) is 14.9. The van der Waals surface area contributed by atoms with Crippen molar-refractivity contribution in [2.45, 2.75) is 43.9 Å². The molecule has 0 atom stereocenters. The van der Waals surface area contributed by atoms with Crippen LogP contribution in [0.25, 0.3) is 0 Å². The second kappa shape index (κ2) is 13.3. The van der Waals surface area contributed by atoms with E-state index in [1.165, 1.54) is 23.7 Å². The summed E-state index contributed by atoms with van der Waals surface area (Å²) >= 11 is 4.92. The molecule has 3 N–H and O–H groups in total. The van der Waals surface area contributed by atoms with Gasteiger partial charge in [0, 0.05) is 11.8 Å². The van der Waals surface area contributed by atoms with Crippen LogP contribution in [-0.4, -0.2) is 37.0 Å². The molecule has 2 aromatic rings. The summed E-state index contributed by atoms with van der Waals surface area (Å²) in [4.78, 5) is 12.3. The largest absolute Gasteiger partial charge is 0.493 e. The number of hydrogen-bond acceptors (Lipinski definition) is 6. The van der Waals surface area contributed by atoms with E-state index in [1.54, 1.807) is 19.4 Å². The maximum atomic E-state index is 12.3. The van der Waals surface area contributed by atoms with E-state index in [0.717, 1.165) is 37.0 Å². The van der Waals surface area contributed by atoms with Gasteiger partial charge in [0.15, 0.2) is 23.3 Å². The fourth-order valence-corrected chi connectivity index (χ4v) is 4.71. The van der Waals surface area contributed by atoms with E-state index in [1.807, 2.05) is 36.4 Å². The Kier molecular flexibility index (Phi) is 10.1. The first-order valence-corrected chi connectivity index (χ1v) is 12.7. The number of carbonyl (C=O) groups excluding carboxylic acids is 1. The molecular formula is C24H29BrN4O3S. The number of amidine groups is 1. The Morgan fingerprint density at radius 1 is 1.24 bits per heavy atom. The maximum absolute atomic E-state index is 12.3. The molecule has 3 rings (SSSR count). The number of nitrogens with one attached hydrogen (secondary N) is 1. The Labute approximate surface area is 207 Å². The van der Waals surface area contributed by atoms with Gasteiger partial charge in [0.05, 0.1) is 17.8 Å². The van der Waals surface area contributed by atoms with E-state index >= 15 is 0 Å². The van der Waals surface area contributed by atoms with Gasteiger partial charge in [-0.25, -0.2) is 0 Å². The topological polar surface area (TPSA) is 98.3 Å². The highest BCUT2D eigenvalue weighted by atomic mass is 79.9. The number of halogens is 1. The molecule has 0 radical (unpaired) electrons. The number of carbonyl (C=O) groups is 1. The number of nitrogens with two attached hydrogens (primary N) is 1.